The molecule has 1 fully saturated rings. The normalized spacial score (nSPS) is 18.3. The van der Waals surface area contributed by atoms with Crippen LogP contribution in [0.3, 0.4) is 0 Å². The molecule has 0 spiro atoms. The minimum absolute atomic E-state index is 0.0936. The van der Waals surface area contributed by atoms with Crippen LogP contribution in [0.4, 0.5) is 5.82 Å². The molecule has 0 bridgehead atoms. The van der Waals surface area contributed by atoms with Gasteiger partial charge in [-0.15, -0.1) is 0 Å². The number of anilines is 1. The van der Waals surface area contributed by atoms with Crippen molar-refractivity contribution in [1.82, 2.24) is 10.3 Å². The number of nitrogens with one attached hydrogen (secondary N) is 2. The fourth-order valence-electron chi connectivity index (χ4n) is 1.85. The van der Waals surface area contributed by atoms with Crippen molar-refractivity contribution in [2.24, 2.45) is 0 Å². The second-order valence-corrected chi connectivity index (χ2v) is 6.07. The first-order valence-electron chi connectivity index (χ1n) is 6.48. The highest BCUT2D eigenvalue weighted by molar-refractivity contribution is 7.99. The van der Waals surface area contributed by atoms with Crippen LogP contribution in [0.1, 0.15) is 30.1 Å². The predicted molar refractivity (Wildman–Crippen MR) is 81.2 cm³/mol. The maximum Gasteiger partial charge on any atom is 0.253 e. The van der Waals surface area contributed by atoms with Crippen molar-refractivity contribution in [3.63, 3.8) is 0 Å². The van der Waals surface area contributed by atoms with Crippen LogP contribution < -0.4 is 10.6 Å². The zero-order chi connectivity index (χ0) is 13.7. The van der Waals surface area contributed by atoms with E-state index in [4.69, 9.17) is 11.6 Å². The second kappa shape index (κ2) is 7.01. The van der Waals surface area contributed by atoms with Crippen LogP contribution in [0.2, 0.25) is 5.02 Å². The lowest BCUT2D eigenvalue weighted by Crippen LogP contribution is -2.34. The van der Waals surface area contributed by atoms with Crippen molar-refractivity contribution in [1.29, 1.82) is 0 Å². The van der Waals surface area contributed by atoms with Gasteiger partial charge in [-0.1, -0.05) is 18.5 Å². The van der Waals surface area contributed by atoms with Crippen molar-refractivity contribution >= 4 is 35.1 Å². The lowest BCUT2D eigenvalue weighted by Gasteiger charge is -2.12. The molecule has 0 aromatic carbocycles. The molecule has 1 aromatic heterocycles. The molecule has 4 nitrogen and oxygen atoms in total. The van der Waals surface area contributed by atoms with Gasteiger partial charge in [-0.05, 0) is 24.7 Å². The van der Waals surface area contributed by atoms with E-state index in [-0.39, 0.29) is 11.9 Å². The van der Waals surface area contributed by atoms with Gasteiger partial charge >= 0.3 is 0 Å². The lowest BCUT2D eigenvalue weighted by molar-refractivity contribution is 0.0941. The summed E-state index contributed by atoms with van der Waals surface area (Å²) in [6.45, 7) is 2.89. The summed E-state index contributed by atoms with van der Waals surface area (Å²) in [5, 5.41) is 6.62. The van der Waals surface area contributed by atoms with Crippen LogP contribution in [0.15, 0.2) is 12.3 Å². The smallest absolute Gasteiger partial charge is 0.253 e. The molecule has 1 aliphatic rings. The number of thioether (sulfide) groups is 1. The molecule has 0 radical (unpaired) electrons. The second-order valence-electron chi connectivity index (χ2n) is 4.52. The SMILES string of the molecule is CCCNc1ncc(C(=O)NC2CCSC2)cc1Cl. The maximum atomic E-state index is 12.0. The Labute approximate surface area is 122 Å². The molecule has 104 valence electrons. The molecule has 1 amide bonds. The highest BCUT2D eigenvalue weighted by Crippen LogP contribution is 2.21. The predicted octanol–water partition coefficient (Wildman–Crippen LogP) is 2.79. The van der Waals surface area contributed by atoms with Crippen molar-refractivity contribution < 1.29 is 4.79 Å². The minimum atomic E-state index is -0.0936. The fourth-order valence-corrected chi connectivity index (χ4v) is 3.24. The van der Waals surface area contributed by atoms with Crippen LogP contribution in [0, 0.1) is 0 Å². The van der Waals surface area contributed by atoms with Crippen LogP contribution in [-0.4, -0.2) is 35.0 Å². The number of pyridine rings is 1. The largest absolute Gasteiger partial charge is 0.369 e. The lowest BCUT2D eigenvalue weighted by atomic mass is 10.2. The van der Waals surface area contributed by atoms with Crippen molar-refractivity contribution in [2.45, 2.75) is 25.8 Å². The van der Waals surface area contributed by atoms with E-state index in [0.717, 1.165) is 30.9 Å². The van der Waals surface area contributed by atoms with Crippen LogP contribution in [0.25, 0.3) is 0 Å². The number of hydrogen-bond acceptors (Lipinski definition) is 4. The zero-order valence-corrected chi connectivity index (χ0v) is 12.5. The molecule has 2 rings (SSSR count). The van der Waals surface area contributed by atoms with E-state index >= 15 is 0 Å². The summed E-state index contributed by atoms with van der Waals surface area (Å²) in [6.07, 6.45) is 3.61. The molecular weight excluding hydrogens is 282 g/mol. The van der Waals surface area contributed by atoms with Crippen LogP contribution in [0.5, 0.6) is 0 Å². The molecule has 1 aliphatic heterocycles. The number of halogens is 1. The summed E-state index contributed by atoms with van der Waals surface area (Å²) < 4.78 is 0. The minimum Gasteiger partial charge on any atom is -0.369 e. The van der Waals surface area contributed by atoms with E-state index in [1.54, 1.807) is 12.3 Å². The third kappa shape index (κ3) is 4.01. The number of carbonyl (C=O) groups is 1. The van der Waals surface area contributed by atoms with Gasteiger partial charge in [-0.25, -0.2) is 4.98 Å². The van der Waals surface area contributed by atoms with Gasteiger partial charge in [0.25, 0.3) is 5.91 Å². The maximum absolute atomic E-state index is 12.0. The van der Waals surface area contributed by atoms with Crippen molar-refractivity contribution in [3.8, 4) is 0 Å². The summed E-state index contributed by atoms with van der Waals surface area (Å²) in [6, 6.07) is 1.94. The molecule has 0 saturated carbocycles. The Kier molecular flexibility index (Phi) is 5.34. The molecule has 2 N–H and O–H groups in total. The Bertz CT molecular complexity index is 450. The van der Waals surface area contributed by atoms with E-state index in [9.17, 15) is 4.79 Å². The van der Waals surface area contributed by atoms with Crippen molar-refractivity contribution in [2.75, 3.05) is 23.4 Å². The van der Waals surface area contributed by atoms with Gasteiger partial charge in [0.1, 0.15) is 5.82 Å². The van der Waals surface area contributed by atoms with Gasteiger partial charge in [0.15, 0.2) is 0 Å². The van der Waals surface area contributed by atoms with Gasteiger partial charge in [-0.3, -0.25) is 4.79 Å². The number of hydrogen-bond donors (Lipinski definition) is 2. The van der Waals surface area contributed by atoms with Gasteiger partial charge in [0, 0.05) is 24.5 Å². The van der Waals surface area contributed by atoms with Crippen LogP contribution >= 0.6 is 23.4 Å². The number of amides is 1. The van der Waals surface area contributed by atoms with Gasteiger partial charge < -0.3 is 10.6 Å². The molecule has 6 heteroatoms. The Balaban J connectivity index is 1.99. The Morgan fingerprint density at radius 1 is 1.63 bits per heavy atom. The first-order valence-corrected chi connectivity index (χ1v) is 8.02. The molecule has 1 aromatic rings. The first-order chi connectivity index (χ1) is 9.20. The number of rotatable bonds is 5. The van der Waals surface area contributed by atoms with E-state index < -0.39 is 0 Å². The molecule has 1 unspecified atom stereocenters. The summed E-state index contributed by atoms with van der Waals surface area (Å²) >= 11 is 7.98. The quantitative estimate of drug-likeness (QED) is 0.878. The summed E-state index contributed by atoms with van der Waals surface area (Å²) in [7, 11) is 0. The standard InChI is InChI=1S/C13H18ClN3OS/c1-2-4-15-12-11(14)6-9(7-16-12)13(18)17-10-3-5-19-8-10/h6-7,10H,2-5,8H2,1H3,(H,15,16)(H,17,18). The summed E-state index contributed by atoms with van der Waals surface area (Å²) in [4.78, 5) is 16.2. The first kappa shape index (κ1) is 14.5. The number of nitrogens with zero attached hydrogens (tertiary/aromatic N) is 1. The Morgan fingerprint density at radius 3 is 3.11 bits per heavy atom. The zero-order valence-electron chi connectivity index (χ0n) is 10.9. The molecule has 0 aliphatic carbocycles. The fraction of sp³-hybridized carbons (Fsp3) is 0.538. The van der Waals surface area contributed by atoms with Gasteiger partial charge in [-0.2, -0.15) is 11.8 Å². The topological polar surface area (TPSA) is 54.0 Å². The number of aromatic nitrogens is 1. The third-order valence-corrected chi connectivity index (χ3v) is 4.36. The molecule has 1 saturated heterocycles. The molecular formula is C13H18ClN3OS. The van der Waals surface area contributed by atoms with Gasteiger partial charge in [0.2, 0.25) is 0 Å². The Hall–Kier alpha value is -0.940. The molecule has 19 heavy (non-hydrogen) atoms. The summed E-state index contributed by atoms with van der Waals surface area (Å²) in [5.41, 5.74) is 0.518. The van der Waals surface area contributed by atoms with Crippen molar-refractivity contribution in [3.05, 3.63) is 22.8 Å². The van der Waals surface area contributed by atoms with E-state index in [1.807, 2.05) is 11.8 Å². The Morgan fingerprint density at radius 2 is 2.47 bits per heavy atom. The monoisotopic (exact) mass is 299 g/mol. The average molecular weight is 300 g/mol. The highest BCUT2D eigenvalue weighted by Gasteiger charge is 2.19. The molecule has 2 heterocycles. The summed E-state index contributed by atoms with van der Waals surface area (Å²) in [5.74, 6) is 2.65. The van der Waals surface area contributed by atoms with E-state index in [1.165, 1.54) is 0 Å². The highest BCUT2D eigenvalue weighted by atomic mass is 35.5. The average Bonchev–Trinajstić information content (AvgIpc) is 2.90. The van der Waals surface area contributed by atoms with Crippen LogP contribution in [-0.2, 0) is 0 Å². The van der Waals surface area contributed by atoms with E-state index in [0.29, 0.717) is 16.4 Å². The van der Waals surface area contributed by atoms with E-state index in [2.05, 4.69) is 22.5 Å². The van der Waals surface area contributed by atoms with Gasteiger partial charge in [0.05, 0.1) is 10.6 Å². The third-order valence-electron chi connectivity index (χ3n) is 2.91. The number of carbonyl (C=O) groups excluding carboxylic acids is 1. The molecule has 1 atom stereocenters.